The highest BCUT2D eigenvalue weighted by Gasteiger charge is 2.19. The molecule has 1 heterocycles. The topological polar surface area (TPSA) is 51.0 Å². The normalized spacial score (nSPS) is 12.3. The third kappa shape index (κ3) is 3.04. The summed E-state index contributed by atoms with van der Waals surface area (Å²) < 4.78 is 6.81. The van der Waals surface area contributed by atoms with Crippen LogP contribution in [0.15, 0.2) is 63.5 Å². The van der Waals surface area contributed by atoms with Crippen LogP contribution in [0.2, 0.25) is 0 Å². The molecule has 0 amide bonds. The molecule has 21 heavy (non-hydrogen) atoms. The molecule has 0 saturated heterocycles. The fourth-order valence-corrected chi connectivity index (χ4v) is 2.57. The summed E-state index contributed by atoms with van der Waals surface area (Å²) in [5.41, 5.74) is 1.98. The second kappa shape index (κ2) is 6.20. The van der Waals surface area contributed by atoms with Crippen molar-refractivity contribution in [3.05, 3.63) is 70.5 Å². The Labute approximate surface area is 131 Å². The van der Waals surface area contributed by atoms with E-state index in [2.05, 4.69) is 31.4 Å². The number of aromatic nitrogens is 2. The van der Waals surface area contributed by atoms with Gasteiger partial charge in [-0.2, -0.15) is 0 Å². The van der Waals surface area contributed by atoms with Crippen LogP contribution in [-0.2, 0) is 0 Å². The zero-order valence-electron chi connectivity index (χ0n) is 11.5. The van der Waals surface area contributed by atoms with Crippen molar-refractivity contribution in [1.29, 1.82) is 0 Å². The van der Waals surface area contributed by atoms with Gasteiger partial charge in [-0.3, -0.25) is 0 Å². The average molecular weight is 344 g/mol. The highest BCUT2D eigenvalue weighted by molar-refractivity contribution is 9.10. The molecule has 1 atom stereocenters. The third-order valence-electron chi connectivity index (χ3n) is 3.18. The van der Waals surface area contributed by atoms with Crippen molar-refractivity contribution in [2.45, 2.75) is 6.04 Å². The third-order valence-corrected chi connectivity index (χ3v) is 3.67. The fourth-order valence-electron chi connectivity index (χ4n) is 2.17. The van der Waals surface area contributed by atoms with Crippen LogP contribution in [0.5, 0.6) is 0 Å². The lowest BCUT2D eigenvalue weighted by Crippen LogP contribution is -2.17. The van der Waals surface area contributed by atoms with Gasteiger partial charge in [0.05, 0.1) is 0 Å². The largest absolute Gasteiger partial charge is 0.419 e. The van der Waals surface area contributed by atoms with Crippen molar-refractivity contribution >= 4 is 15.9 Å². The smallest absolute Gasteiger partial charge is 0.247 e. The summed E-state index contributed by atoms with van der Waals surface area (Å²) in [6, 6.07) is 17.7. The van der Waals surface area contributed by atoms with Crippen LogP contribution in [0, 0.1) is 0 Å². The zero-order chi connectivity index (χ0) is 14.7. The van der Waals surface area contributed by atoms with E-state index in [1.54, 1.807) is 0 Å². The van der Waals surface area contributed by atoms with Crippen molar-refractivity contribution in [3.8, 4) is 11.5 Å². The first-order valence-electron chi connectivity index (χ1n) is 6.59. The molecule has 0 saturated carbocycles. The highest BCUT2D eigenvalue weighted by Crippen LogP contribution is 2.26. The maximum atomic E-state index is 5.83. The molecule has 3 rings (SSSR count). The summed E-state index contributed by atoms with van der Waals surface area (Å²) in [6.07, 6.45) is 0. The quantitative estimate of drug-likeness (QED) is 0.782. The number of nitrogens with one attached hydrogen (secondary N) is 1. The Bertz CT molecular complexity index is 727. The molecule has 0 aliphatic carbocycles. The van der Waals surface area contributed by atoms with E-state index in [9.17, 15) is 0 Å². The van der Waals surface area contributed by atoms with Crippen molar-refractivity contribution in [2.24, 2.45) is 0 Å². The molecule has 106 valence electrons. The number of halogens is 1. The van der Waals surface area contributed by atoms with Crippen LogP contribution in [-0.4, -0.2) is 17.2 Å². The molecule has 4 nitrogen and oxygen atoms in total. The number of rotatable bonds is 4. The SMILES string of the molecule is CNC(c1ccccc1)c1nnc(-c2cccc(Br)c2)o1. The van der Waals surface area contributed by atoms with Gasteiger partial charge in [-0.15, -0.1) is 10.2 Å². The first kappa shape index (κ1) is 14.0. The number of hydrogen-bond acceptors (Lipinski definition) is 4. The number of hydrogen-bond donors (Lipinski definition) is 1. The number of benzene rings is 2. The predicted molar refractivity (Wildman–Crippen MR) is 84.8 cm³/mol. The van der Waals surface area contributed by atoms with Crippen LogP contribution in [0.25, 0.3) is 11.5 Å². The minimum atomic E-state index is -0.111. The summed E-state index contributed by atoms with van der Waals surface area (Å²) in [5, 5.41) is 11.5. The molecular weight excluding hydrogens is 330 g/mol. The van der Waals surface area contributed by atoms with E-state index in [0.717, 1.165) is 15.6 Å². The second-order valence-corrected chi connectivity index (χ2v) is 5.50. The van der Waals surface area contributed by atoms with E-state index in [0.29, 0.717) is 11.8 Å². The zero-order valence-corrected chi connectivity index (χ0v) is 13.0. The average Bonchev–Trinajstić information content (AvgIpc) is 2.99. The molecule has 2 aromatic carbocycles. The summed E-state index contributed by atoms with van der Waals surface area (Å²) in [7, 11) is 1.88. The second-order valence-electron chi connectivity index (χ2n) is 4.59. The molecule has 0 aliphatic rings. The molecule has 0 fully saturated rings. The maximum absolute atomic E-state index is 5.83. The summed E-state index contributed by atoms with van der Waals surface area (Å²) in [6.45, 7) is 0. The van der Waals surface area contributed by atoms with Crippen molar-refractivity contribution in [3.63, 3.8) is 0 Å². The lowest BCUT2D eigenvalue weighted by Gasteiger charge is -2.11. The van der Waals surface area contributed by atoms with Gasteiger partial charge in [0.2, 0.25) is 11.8 Å². The van der Waals surface area contributed by atoms with Gasteiger partial charge in [0.15, 0.2) is 0 Å². The molecular formula is C16H14BrN3O. The van der Waals surface area contributed by atoms with E-state index in [1.807, 2.05) is 61.6 Å². The lowest BCUT2D eigenvalue weighted by molar-refractivity contribution is 0.456. The Hall–Kier alpha value is -1.98. The molecule has 1 aromatic heterocycles. The minimum absolute atomic E-state index is 0.111. The molecule has 0 aliphatic heterocycles. The Morgan fingerprint density at radius 3 is 2.57 bits per heavy atom. The monoisotopic (exact) mass is 343 g/mol. The lowest BCUT2D eigenvalue weighted by atomic mass is 10.1. The molecule has 1 N–H and O–H groups in total. The van der Waals surface area contributed by atoms with Crippen molar-refractivity contribution in [2.75, 3.05) is 7.05 Å². The first-order chi connectivity index (χ1) is 10.3. The Kier molecular flexibility index (Phi) is 4.13. The van der Waals surface area contributed by atoms with Gasteiger partial charge in [0.25, 0.3) is 0 Å². The van der Waals surface area contributed by atoms with Gasteiger partial charge in [-0.25, -0.2) is 0 Å². The highest BCUT2D eigenvalue weighted by atomic mass is 79.9. The van der Waals surface area contributed by atoms with Gasteiger partial charge in [-0.05, 0) is 30.8 Å². The Morgan fingerprint density at radius 1 is 1.05 bits per heavy atom. The Morgan fingerprint density at radius 2 is 1.86 bits per heavy atom. The van der Waals surface area contributed by atoms with E-state index in [4.69, 9.17) is 4.42 Å². The Balaban J connectivity index is 1.94. The predicted octanol–water partition coefficient (Wildman–Crippen LogP) is 3.81. The summed E-state index contributed by atoms with van der Waals surface area (Å²) in [4.78, 5) is 0. The van der Waals surface area contributed by atoms with Crippen molar-refractivity contribution < 1.29 is 4.42 Å². The molecule has 5 heteroatoms. The van der Waals surface area contributed by atoms with Crippen LogP contribution >= 0.6 is 15.9 Å². The first-order valence-corrected chi connectivity index (χ1v) is 7.39. The van der Waals surface area contributed by atoms with Gasteiger partial charge in [0, 0.05) is 10.0 Å². The van der Waals surface area contributed by atoms with E-state index < -0.39 is 0 Å². The summed E-state index contributed by atoms with van der Waals surface area (Å²) >= 11 is 3.44. The molecule has 3 aromatic rings. The van der Waals surface area contributed by atoms with E-state index in [1.165, 1.54) is 0 Å². The maximum Gasteiger partial charge on any atom is 0.247 e. The fraction of sp³-hybridized carbons (Fsp3) is 0.125. The van der Waals surface area contributed by atoms with Crippen LogP contribution < -0.4 is 5.32 Å². The van der Waals surface area contributed by atoms with Crippen LogP contribution in [0.4, 0.5) is 0 Å². The molecule has 0 spiro atoms. The van der Waals surface area contributed by atoms with Gasteiger partial charge in [0.1, 0.15) is 6.04 Å². The summed E-state index contributed by atoms with van der Waals surface area (Å²) in [5.74, 6) is 1.07. The van der Waals surface area contributed by atoms with Gasteiger partial charge < -0.3 is 9.73 Å². The van der Waals surface area contributed by atoms with Gasteiger partial charge >= 0.3 is 0 Å². The van der Waals surface area contributed by atoms with E-state index >= 15 is 0 Å². The van der Waals surface area contributed by atoms with Gasteiger partial charge in [-0.1, -0.05) is 52.3 Å². The van der Waals surface area contributed by atoms with Crippen molar-refractivity contribution in [1.82, 2.24) is 15.5 Å². The van der Waals surface area contributed by atoms with Crippen LogP contribution in [0.3, 0.4) is 0 Å². The standard InChI is InChI=1S/C16H14BrN3O/c1-18-14(11-6-3-2-4-7-11)16-20-19-15(21-16)12-8-5-9-13(17)10-12/h2-10,14,18H,1H3. The molecule has 1 unspecified atom stereocenters. The number of nitrogens with zero attached hydrogens (tertiary/aromatic N) is 2. The molecule has 0 radical (unpaired) electrons. The van der Waals surface area contributed by atoms with E-state index in [-0.39, 0.29) is 6.04 Å². The van der Waals surface area contributed by atoms with Crippen LogP contribution in [0.1, 0.15) is 17.5 Å². The minimum Gasteiger partial charge on any atom is -0.419 e. The molecule has 0 bridgehead atoms.